The van der Waals surface area contributed by atoms with Crippen LogP contribution >= 0.6 is 0 Å². The van der Waals surface area contributed by atoms with Gasteiger partial charge in [-0.15, -0.1) is 0 Å². The molecule has 2 aromatic heterocycles. The molecule has 2 nitrogen and oxygen atoms in total. The van der Waals surface area contributed by atoms with E-state index in [2.05, 4.69) is 264 Å². The van der Waals surface area contributed by atoms with Crippen molar-refractivity contribution >= 4 is 72.4 Å². The SMILES string of the molecule is c1ccc(-c2ccc3c(c2)c2c([Si](c4ccccc4)(c4ccccc4)c4ccccc4)cccc2n3-c2ccc3c4ccccc4n(-c4ccccc4-c4ccccc4)c3c2)cc1. The molecule has 0 fully saturated rings. The Morgan fingerprint density at radius 3 is 1.48 bits per heavy atom. The molecule has 0 saturated carbocycles. The van der Waals surface area contributed by atoms with Gasteiger partial charge >= 0.3 is 0 Å². The summed E-state index contributed by atoms with van der Waals surface area (Å²) in [5, 5.41) is 10.5. The van der Waals surface area contributed by atoms with Gasteiger partial charge in [-0.25, -0.2) is 0 Å². The van der Waals surface area contributed by atoms with Gasteiger partial charge in [-0.1, -0.05) is 212 Å². The molecule has 0 radical (unpaired) electrons. The maximum atomic E-state index is 2.52. The number of hydrogen-bond acceptors (Lipinski definition) is 0. The van der Waals surface area contributed by atoms with E-state index in [0.717, 1.165) is 11.4 Å². The quantitative estimate of drug-likeness (QED) is 0.107. The third-order valence-corrected chi connectivity index (χ3v) is 17.9. The highest BCUT2D eigenvalue weighted by atomic mass is 28.3. The molecule has 0 amide bonds. The minimum atomic E-state index is -2.94. The van der Waals surface area contributed by atoms with Crippen LogP contribution in [0.2, 0.25) is 0 Å². The van der Waals surface area contributed by atoms with Crippen LogP contribution in [-0.2, 0) is 0 Å². The zero-order valence-electron chi connectivity index (χ0n) is 34.6. The number of rotatable bonds is 8. The lowest BCUT2D eigenvalue weighted by atomic mass is 10.0. The molecule has 0 spiro atoms. The van der Waals surface area contributed by atoms with Crippen molar-refractivity contribution in [2.75, 3.05) is 0 Å². The van der Waals surface area contributed by atoms with Gasteiger partial charge in [0, 0.05) is 32.8 Å². The number of nitrogens with zero attached hydrogens (tertiary/aromatic N) is 2. The van der Waals surface area contributed by atoms with Gasteiger partial charge in [-0.05, 0) is 79.9 Å². The van der Waals surface area contributed by atoms with E-state index in [4.69, 9.17) is 0 Å². The van der Waals surface area contributed by atoms with E-state index in [-0.39, 0.29) is 0 Å². The Kier molecular flexibility index (Phi) is 8.87. The second-order valence-electron chi connectivity index (χ2n) is 16.4. The third-order valence-electron chi connectivity index (χ3n) is 13.1. The molecular formula is C60H42N2Si. The number of para-hydroxylation sites is 2. The van der Waals surface area contributed by atoms with Gasteiger partial charge in [-0.3, -0.25) is 0 Å². The number of fused-ring (bicyclic) bond motifs is 6. The molecule has 0 aliphatic heterocycles. The van der Waals surface area contributed by atoms with Crippen molar-refractivity contribution in [3.8, 4) is 33.6 Å². The Morgan fingerprint density at radius 2 is 0.810 bits per heavy atom. The van der Waals surface area contributed by atoms with Crippen LogP contribution in [0, 0.1) is 0 Å². The first-order valence-electron chi connectivity index (χ1n) is 21.8. The largest absolute Gasteiger partial charge is 0.309 e. The fourth-order valence-corrected chi connectivity index (χ4v) is 15.4. The molecule has 12 aromatic rings. The molecule has 12 rings (SSSR count). The van der Waals surface area contributed by atoms with Crippen LogP contribution in [0.1, 0.15) is 0 Å². The molecule has 10 aromatic carbocycles. The average Bonchev–Trinajstić information content (AvgIpc) is 3.88. The lowest BCUT2D eigenvalue weighted by molar-refractivity contribution is 1.16. The van der Waals surface area contributed by atoms with Gasteiger partial charge in [0.05, 0.1) is 27.8 Å². The smallest absolute Gasteiger partial charge is 0.180 e. The lowest BCUT2D eigenvalue weighted by Gasteiger charge is -2.35. The van der Waals surface area contributed by atoms with Gasteiger partial charge in [0.1, 0.15) is 0 Å². The number of hydrogen-bond donors (Lipinski definition) is 0. The number of benzene rings is 10. The van der Waals surface area contributed by atoms with Crippen molar-refractivity contribution < 1.29 is 0 Å². The minimum absolute atomic E-state index is 1.12. The Balaban J connectivity index is 1.21. The highest BCUT2D eigenvalue weighted by molar-refractivity contribution is 7.20. The van der Waals surface area contributed by atoms with Gasteiger partial charge in [0.15, 0.2) is 8.07 Å². The standard InChI is InChI=1S/C60H42N2Si/c1-6-21-43(22-7-1)45-37-40-56-53(41-45)60-57(35-20-36-59(60)63(47-25-10-3-11-26-47,48-27-12-4-13-28-48)49-29-14-5-15-30-49)61(56)46-38-39-52-51-32-17-19-34-55(51)62(58(52)42-46)54-33-18-16-31-50(54)44-23-8-2-9-24-44/h1-42H. The third kappa shape index (κ3) is 5.85. The molecule has 2 heterocycles. The first-order valence-corrected chi connectivity index (χ1v) is 23.8. The lowest BCUT2D eigenvalue weighted by Crippen LogP contribution is -2.74. The first-order chi connectivity index (χ1) is 31.3. The molecule has 0 N–H and O–H groups in total. The summed E-state index contributed by atoms with van der Waals surface area (Å²) in [4.78, 5) is 0. The summed E-state index contributed by atoms with van der Waals surface area (Å²) >= 11 is 0. The fourth-order valence-electron chi connectivity index (χ4n) is 10.4. The molecule has 63 heavy (non-hydrogen) atoms. The van der Waals surface area contributed by atoms with E-state index < -0.39 is 8.07 Å². The van der Waals surface area contributed by atoms with Crippen LogP contribution in [0.25, 0.3) is 77.2 Å². The topological polar surface area (TPSA) is 9.86 Å². The molecule has 3 heteroatoms. The van der Waals surface area contributed by atoms with E-state index in [9.17, 15) is 0 Å². The Bertz CT molecular complexity index is 3500. The molecule has 0 atom stereocenters. The van der Waals surface area contributed by atoms with E-state index >= 15 is 0 Å². The van der Waals surface area contributed by atoms with Crippen LogP contribution in [0.4, 0.5) is 0 Å². The minimum Gasteiger partial charge on any atom is -0.309 e. The summed E-state index contributed by atoms with van der Waals surface area (Å²) in [7, 11) is -2.94. The van der Waals surface area contributed by atoms with Crippen molar-refractivity contribution in [1.29, 1.82) is 0 Å². The molecule has 0 bridgehead atoms. The maximum absolute atomic E-state index is 2.94. The van der Waals surface area contributed by atoms with Gasteiger partial charge in [0.2, 0.25) is 0 Å². The number of aromatic nitrogens is 2. The van der Waals surface area contributed by atoms with E-state index in [1.165, 1.54) is 86.6 Å². The molecule has 296 valence electrons. The predicted molar refractivity (Wildman–Crippen MR) is 270 cm³/mol. The van der Waals surface area contributed by atoms with Crippen LogP contribution in [-0.4, -0.2) is 17.2 Å². The van der Waals surface area contributed by atoms with Crippen LogP contribution in [0.15, 0.2) is 255 Å². The van der Waals surface area contributed by atoms with Gasteiger partial charge in [0.25, 0.3) is 0 Å². The van der Waals surface area contributed by atoms with Crippen molar-refractivity contribution in [1.82, 2.24) is 9.13 Å². The van der Waals surface area contributed by atoms with Gasteiger partial charge < -0.3 is 9.13 Å². The summed E-state index contributed by atoms with van der Waals surface area (Å²) in [6.07, 6.45) is 0. The second kappa shape index (κ2) is 15.2. The molecule has 0 aliphatic carbocycles. The average molecular weight is 819 g/mol. The zero-order chi connectivity index (χ0) is 41.7. The Hall–Kier alpha value is -7.98. The summed E-state index contributed by atoms with van der Waals surface area (Å²) in [6, 6.07) is 94.3. The predicted octanol–water partition coefficient (Wildman–Crippen LogP) is 12.6. The Morgan fingerprint density at radius 1 is 0.286 bits per heavy atom. The van der Waals surface area contributed by atoms with Crippen LogP contribution < -0.4 is 20.7 Å². The van der Waals surface area contributed by atoms with Crippen molar-refractivity contribution in [3.05, 3.63) is 255 Å². The summed E-state index contributed by atoms with van der Waals surface area (Å²) < 4.78 is 5.00. The molecule has 0 saturated heterocycles. The monoisotopic (exact) mass is 818 g/mol. The van der Waals surface area contributed by atoms with E-state index in [0.29, 0.717) is 0 Å². The molecular weight excluding hydrogens is 777 g/mol. The fraction of sp³-hybridized carbons (Fsp3) is 0. The highest BCUT2D eigenvalue weighted by Crippen LogP contribution is 2.40. The van der Waals surface area contributed by atoms with Gasteiger partial charge in [-0.2, -0.15) is 0 Å². The second-order valence-corrected chi connectivity index (χ2v) is 20.2. The molecule has 0 unspecified atom stereocenters. The summed E-state index contributed by atoms with van der Waals surface area (Å²) in [6.45, 7) is 0. The van der Waals surface area contributed by atoms with Crippen LogP contribution in [0.5, 0.6) is 0 Å². The summed E-state index contributed by atoms with van der Waals surface area (Å²) in [5.74, 6) is 0. The normalized spacial score (nSPS) is 11.8. The Labute approximate surface area is 368 Å². The maximum Gasteiger partial charge on any atom is 0.180 e. The van der Waals surface area contributed by atoms with Crippen molar-refractivity contribution in [2.45, 2.75) is 0 Å². The van der Waals surface area contributed by atoms with Crippen LogP contribution in [0.3, 0.4) is 0 Å². The highest BCUT2D eigenvalue weighted by Gasteiger charge is 2.43. The van der Waals surface area contributed by atoms with E-state index in [1.807, 2.05) is 0 Å². The van der Waals surface area contributed by atoms with Crippen molar-refractivity contribution in [3.63, 3.8) is 0 Å². The zero-order valence-corrected chi connectivity index (χ0v) is 35.6. The first kappa shape index (κ1) is 36.8. The van der Waals surface area contributed by atoms with E-state index in [1.54, 1.807) is 0 Å². The molecule has 0 aliphatic rings. The summed E-state index contributed by atoms with van der Waals surface area (Å²) in [5.41, 5.74) is 11.8. The van der Waals surface area contributed by atoms with Crippen molar-refractivity contribution in [2.24, 2.45) is 0 Å².